The molecule has 29 heavy (non-hydrogen) atoms. The highest BCUT2D eigenvalue weighted by Crippen LogP contribution is 2.21. The molecule has 3 aromatic rings. The molecule has 0 unspecified atom stereocenters. The molecule has 0 spiro atoms. The lowest BCUT2D eigenvalue weighted by Crippen LogP contribution is -2.26. The zero-order chi connectivity index (χ0) is 20.8. The molecule has 0 fully saturated rings. The van der Waals surface area contributed by atoms with Gasteiger partial charge in [0.15, 0.2) is 0 Å². The number of benzene rings is 2. The molecule has 3 N–H and O–H groups in total. The largest absolute Gasteiger partial charge is 0.382 e. The number of hydrogen-bond acceptors (Lipinski definition) is 4. The lowest BCUT2D eigenvalue weighted by molar-refractivity contribution is -0.120. The number of aryl methyl sites for hydroxylation is 2. The molecule has 1 heterocycles. The molecule has 148 valence electrons. The Labute approximate surface area is 168 Å². The van der Waals surface area contributed by atoms with Crippen molar-refractivity contribution in [3.05, 3.63) is 76.7 Å². The van der Waals surface area contributed by atoms with Crippen molar-refractivity contribution in [2.24, 2.45) is 0 Å². The Balaban J connectivity index is 1.59. The van der Waals surface area contributed by atoms with Crippen LogP contribution >= 0.6 is 0 Å². The number of carbonyl (C=O) groups excluding carboxylic acids is 1. The minimum absolute atomic E-state index is 0.0452. The van der Waals surface area contributed by atoms with Crippen LogP contribution in [-0.2, 0) is 17.6 Å². The third-order valence-corrected chi connectivity index (χ3v) is 4.70. The molecular formula is C22H22FN5O. The highest BCUT2D eigenvalue weighted by Gasteiger charge is 2.16. The number of amides is 1. The van der Waals surface area contributed by atoms with E-state index >= 15 is 0 Å². The summed E-state index contributed by atoms with van der Waals surface area (Å²) in [5.41, 5.74) is 9.59. The van der Waals surface area contributed by atoms with E-state index < -0.39 is 0 Å². The van der Waals surface area contributed by atoms with E-state index in [9.17, 15) is 14.4 Å². The molecule has 3 rings (SSSR count). The molecule has 1 aromatic heterocycles. The van der Waals surface area contributed by atoms with Crippen molar-refractivity contribution in [1.82, 2.24) is 15.1 Å². The van der Waals surface area contributed by atoms with Crippen LogP contribution in [0.4, 0.5) is 10.2 Å². The molecule has 0 saturated carbocycles. The van der Waals surface area contributed by atoms with Crippen molar-refractivity contribution in [3.63, 3.8) is 0 Å². The number of anilines is 1. The van der Waals surface area contributed by atoms with Crippen molar-refractivity contribution in [1.29, 1.82) is 5.26 Å². The third-order valence-electron chi connectivity index (χ3n) is 4.70. The maximum atomic E-state index is 13.1. The number of nitrogens with one attached hydrogen (secondary N) is 1. The highest BCUT2D eigenvalue weighted by molar-refractivity contribution is 5.78. The van der Waals surface area contributed by atoms with Gasteiger partial charge in [0.2, 0.25) is 5.91 Å². The maximum absolute atomic E-state index is 13.1. The van der Waals surface area contributed by atoms with Crippen molar-refractivity contribution in [3.8, 4) is 11.8 Å². The number of nitrogens with zero attached hydrogens (tertiary/aromatic N) is 3. The van der Waals surface area contributed by atoms with Crippen LogP contribution in [0.1, 0.15) is 28.8 Å². The summed E-state index contributed by atoms with van der Waals surface area (Å²) in [7, 11) is 0. The number of halogens is 1. The second-order valence-corrected chi connectivity index (χ2v) is 6.76. The van der Waals surface area contributed by atoms with Gasteiger partial charge in [-0.1, -0.05) is 24.3 Å². The molecule has 1 amide bonds. The Morgan fingerprint density at radius 2 is 1.97 bits per heavy atom. The van der Waals surface area contributed by atoms with Gasteiger partial charge in [0.05, 0.1) is 17.8 Å². The van der Waals surface area contributed by atoms with Crippen LogP contribution in [-0.4, -0.2) is 22.2 Å². The van der Waals surface area contributed by atoms with E-state index in [1.807, 2.05) is 31.2 Å². The Bertz CT molecular complexity index is 1050. The van der Waals surface area contributed by atoms with Crippen LogP contribution in [0.3, 0.4) is 0 Å². The molecule has 0 bridgehead atoms. The minimum Gasteiger partial charge on any atom is -0.382 e. The number of carbonyl (C=O) groups is 1. The average Bonchev–Trinajstić information content (AvgIpc) is 3.03. The average molecular weight is 391 g/mol. The van der Waals surface area contributed by atoms with Crippen LogP contribution in [0, 0.1) is 24.1 Å². The van der Waals surface area contributed by atoms with Crippen LogP contribution in [0.5, 0.6) is 0 Å². The first-order chi connectivity index (χ1) is 14.0. The molecule has 0 aliphatic carbocycles. The Kier molecular flexibility index (Phi) is 6.25. The van der Waals surface area contributed by atoms with Gasteiger partial charge in [-0.15, -0.1) is 0 Å². The van der Waals surface area contributed by atoms with Gasteiger partial charge in [0.1, 0.15) is 23.3 Å². The lowest BCUT2D eigenvalue weighted by atomic mass is 10.1. The fourth-order valence-corrected chi connectivity index (χ4v) is 3.08. The smallest absolute Gasteiger partial charge is 0.224 e. The number of nitrogen functional groups attached to an aromatic ring is 1. The Hall–Kier alpha value is -3.66. The fourth-order valence-electron chi connectivity index (χ4n) is 3.08. The summed E-state index contributed by atoms with van der Waals surface area (Å²) in [5.74, 6) is -0.185. The third kappa shape index (κ3) is 4.79. The number of nitriles is 1. The lowest BCUT2D eigenvalue weighted by Gasteiger charge is -2.07. The van der Waals surface area contributed by atoms with Crippen LogP contribution in [0.15, 0.2) is 48.5 Å². The van der Waals surface area contributed by atoms with E-state index in [1.54, 1.807) is 12.1 Å². The van der Waals surface area contributed by atoms with Crippen molar-refractivity contribution in [2.45, 2.75) is 26.2 Å². The summed E-state index contributed by atoms with van der Waals surface area (Å²) < 4.78 is 14.6. The van der Waals surface area contributed by atoms with Crippen molar-refractivity contribution < 1.29 is 9.18 Å². The quantitative estimate of drug-likeness (QED) is 0.605. The molecule has 0 radical (unpaired) electrons. The van der Waals surface area contributed by atoms with Crippen molar-refractivity contribution in [2.75, 3.05) is 12.3 Å². The first-order valence-corrected chi connectivity index (χ1v) is 9.34. The zero-order valence-corrected chi connectivity index (χ0v) is 16.2. The minimum atomic E-state index is -0.360. The molecule has 0 aliphatic heterocycles. The topological polar surface area (TPSA) is 96.7 Å². The van der Waals surface area contributed by atoms with E-state index in [0.29, 0.717) is 42.8 Å². The number of aromatic nitrogens is 2. The monoisotopic (exact) mass is 391 g/mol. The van der Waals surface area contributed by atoms with Gasteiger partial charge in [0, 0.05) is 6.54 Å². The number of rotatable bonds is 7. The van der Waals surface area contributed by atoms with Gasteiger partial charge in [-0.2, -0.15) is 10.4 Å². The second-order valence-electron chi connectivity index (χ2n) is 6.76. The predicted octanol–water partition coefficient (Wildman–Crippen LogP) is 3.07. The predicted molar refractivity (Wildman–Crippen MR) is 109 cm³/mol. The Morgan fingerprint density at radius 3 is 2.66 bits per heavy atom. The van der Waals surface area contributed by atoms with Crippen LogP contribution < -0.4 is 11.1 Å². The van der Waals surface area contributed by atoms with E-state index in [2.05, 4.69) is 16.5 Å². The fraction of sp³-hybridized carbons (Fsp3) is 0.227. The molecule has 0 atom stereocenters. The van der Waals surface area contributed by atoms with E-state index in [-0.39, 0.29) is 17.5 Å². The van der Waals surface area contributed by atoms with E-state index in [1.165, 1.54) is 16.8 Å². The first kappa shape index (κ1) is 20.1. The molecule has 0 aliphatic rings. The van der Waals surface area contributed by atoms with Gasteiger partial charge in [-0.25, -0.2) is 9.07 Å². The van der Waals surface area contributed by atoms with Crippen LogP contribution in [0.25, 0.3) is 5.69 Å². The summed E-state index contributed by atoms with van der Waals surface area (Å²) in [4.78, 5) is 12.1. The summed E-state index contributed by atoms with van der Waals surface area (Å²) in [6, 6.07) is 15.6. The maximum Gasteiger partial charge on any atom is 0.224 e. The van der Waals surface area contributed by atoms with Gasteiger partial charge in [-0.3, -0.25) is 4.79 Å². The summed E-state index contributed by atoms with van der Waals surface area (Å²) in [5, 5.41) is 16.7. The normalized spacial score (nSPS) is 10.5. The summed E-state index contributed by atoms with van der Waals surface area (Å²) >= 11 is 0. The van der Waals surface area contributed by atoms with Crippen LogP contribution in [0.2, 0.25) is 0 Å². The molecular weight excluding hydrogens is 369 g/mol. The van der Waals surface area contributed by atoms with Gasteiger partial charge in [0.25, 0.3) is 0 Å². The van der Waals surface area contributed by atoms with Gasteiger partial charge < -0.3 is 11.1 Å². The first-order valence-electron chi connectivity index (χ1n) is 9.34. The molecule has 7 heteroatoms. The number of nitrogens with two attached hydrogens (primary N) is 1. The standard InChI is InChI=1S/C22H22FN5O/c1-15-5-2-3-6-16(15)13-21(29)26-12-4-7-20-19(14-24)22(25)28(27-20)18-10-8-17(23)9-11-18/h2-3,5-6,8-11H,4,7,12-13,25H2,1H3,(H,26,29). The zero-order valence-electron chi connectivity index (χ0n) is 16.2. The van der Waals surface area contributed by atoms with Crippen molar-refractivity contribution >= 4 is 11.7 Å². The van der Waals surface area contributed by atoms with E-state index in [4.69, 9.17) is 5.73 Å². The molecule has 6 nitrogen and oxygen atoms in total. The Morgan fingerprint density at radius 1 is 1.24 bits per heavy atom. The summed E-state index contributed by atoms with van der Waals surface area (Å²) in [6.07, 6.45) is 1.45. The highest BCUT2D eigenvalue weighted by atomic mass is 19.1. The van der Waals surface area contributed by atoms with E-state index in [0.717, 1.165) is 11.1 Å². The second kappa shape index (κ2) is 9.02. The molecule has 0 saturated heterocycles. The van der Waals surface area contributed by atoms with Gasteiger partial charge >= 0.3 is 0 Å². The SMILES string of the molecule is Cc1ccccc1CC(=O)NCCCc1nn(-c2ccc(F)cc2)c(N)c1C#N. The molecule has 2 aromatic carbocycles. The number of hydrogen-bond donors (Lipinski definition) is 2. The summed E-state index contributed by atoms with van der Waals surface area (Å²) in [6.45, 7) is 2.45. The van der Waals surface area contributed by atoms with Gasteiger partial charge in [-0.05, 0) is 55.2 Å².